The molecule has 0 spiro atoms. The van der Waals surface area contributed by atoms with Crippen molar-refractivity contribution in [2.45, 2.75) is 54.7 Å². The van der Waals surface area contributed by atoms with Gasteiger partial charge in [0.1, 0.15) is 10.8 Å². The van der Waals surface area contributed by atoms with E-state index >= 15 is 0 Å². The molecular weight excluding hydrogens is 378 g/mol. The van der Waals surface area contributed by atoms with E-state index in [0.717, 1.165) is 24.0 Å². The van der Waals surface area contributed by atoms with Crippen molar-refractivity contribution < 1.29 is 13.5 Å². The van der Waals surface area contributed by atoms with Crippen LogP contribution in [0, 0.1) is 0 Å². The van der Waals surface area contributed by atoms with Gasteiger partial charge in [0.25, 0.3) is 0 Å². The Labute approximate surface area is 166 Å². The summed E-state index contributed by atoms with van der Waals surface area (Å²) in [5, 5.41) is 10.0. The Kier molecular flexibility index (Phi) is 5.89. The van der Waals surface area contributed by atoms with Gasteiger partial charge < -0.3 is 10.8 Å². The summed E-state index contributed by atoms with van der Waals surface area (Å²) in [7, 11) is -3.35. The lowest BCUT2D eigenvalue weighted by molar-refractivity contribution is 0.290. The lowest BCUT2D eigenvalue weighted by Crippen LogP contribution is -2.55. The smallest absolute Gasteiger partial charge is 0.187 e. The maximum absolute atomic E-state index is 12.7. The number of hydrogen-bond acceptors (Lipinski definition) is 5. The first-order valence-electron chi connectivity index (χ1n) is 9.31. The third-order valence-electron chi connectivity index (χ3n) is 5.89. The van der Waals surface area contributed by atoms with Crippen molar-refractivity contribution in [3.63, 3.8) is 0 Å². The molecule has 1 aliphatic carbocycles. The third kappa shape index (κ3) is 3.75. The molecule has 3 rings (SSSR count). The monoisotopic (exact) mass is 405 g/mol. The lowest BCUT2D eigenvalue weighted by Gasteiger charge is -2.47. The van der Waals surface area contributed by atoms with Crippen molar-refractivity contribution >= 4 is 21.6 Å². The molecule has 0 radical (unpaired) electrons. The number of thioether (sulfide) groups is 1. The highest BCUT2D eigenvalue weighted by molar-refractivity contribution is 8.12. The Morgan fingerprint density at radius 1 is 1.15 bits per heavy atom. The summed E-state index contributed by atoms with van der Waals surface area (Å²) in [6.45, 7) is 4.23. The number of phenolic OH excluding ortho intramolecular Hbond substituents is 1. The SMILES string of the molecule is CCC1(CC)c2cc(O)ccc2C[C@@H](SCS(=O)(=O)c2ccccc2)[C@@H]1N. The quantitative estimate of drug-likeness (QED) is 0.763. The van der Waals surface area contributed by atoms with Crippen LogP contribution in [0.25, 0.3) is 0 Å². The first-order chi connectivity index (χ1) is 12.8. The first kappa shape index (κ1) is 20.2. The molecule has 0 fully saturated rings. The number of benzene rings is 2. The van der Waals surface area contributed by atoms with Crippen LogP contribution in [0.3, 0.4) is 0 Å². The van der Waals surface area contributed by atoms with E-state index in [-0.39, 0.29) is 27.5 Å². The molecule has 2 aromatic carbocycles. The molecular formula is C21H27NO3S2. The van der Waals surface area contributed by atoms with Crippen molar-refractivity contribution in [1.29, 1.82) is 0 Å². The van der Waals surface area contributed by atoms with E-state index in [2.05, 4.69) is 13.8 Å². The summed E-state index contributed by atoms with van der Waals surface area (Å²) in [4.78, 5) is 0.351. The maximum Gasteiger partial charge on any atom is 0.187 e. The molecule has 0 aliphatic heterocycles. The molecule has 0 heterocycles. The Hall–Kier alpha value is -1.50. The van der Waals surface area contributed by atoms with E-state index < -0.39 is 9.84 Å². The van der Waals surface area contributed by atoms with Crippen LogP contribution in [-0.4, -0.2) is 29.9 Å². The second-order valence-electron chi connectivity index (χ2n) is 7.19. The molecule has 0 amide bonds. The van der Waals surface area contributed by atoms with Crippen LogP contribution >= 0.6 is 11.8 Å². The number of sulfone groups is 1. The van der Waals surface area contributed by atoms with E-state index in [1.807, 2.05) is 18.2 Å². The van der Waals surface area contributed by atoms with E-state index in [9.17, 15) is 13.5 Å². The van der Waals surface area contributed by atoms with Crippen LogP contribution in [0.1, 0.15) is 37.8 Å². The summed E-state index contributed by atoms with van der Waals surface area (Å²) in [6, 6.07) is 13.9. The van der Waals surface area contributed by atoms with E-state index in [4.69, 9.17) is 5.73 Å². The number of phenols is 1. The number of hydrogen-bond donors (Lipinski definition) is 2. The Morgan fingerprint density at radius 2 is 1.81 bits per heavy atom. The largest absolute Gasteiger partial charge is 0.508 e. The number of fused-ring (bicyclic) bond motifs is 1. The zero-order valence-electron chi connectivity index (χ0n) is 15.8. The average Bonchev–Trinajstić information content (AvgIpc) is 2.68. The summed E-state index contributed by atoms with van der Waals surface area (Å²) >= 11 is 1.43. The minimum Gasteiger partial charge on any atom is -0.508 e. The summed E-state index contributed by atoms with van der Waals surface area (Å²) in [5.74, 6) is 0.255. The van der Waals surface area contributed by atoms with Crippen LogP contribution in [-0.2, 0) is 21.7 Å². The van der Waals surface area contributed by atoms with Gasteiger partial charge in [-0.2, -0.15) is 0 Å². The fraction of sp³-hybridized carbons (Fsp3) is 0.429. The zero-order valence-corrected chi connectivity index (χ0v) is 17.4. The standard InChI is InChI=1S/C21H27NO3S2/c1-3-21(4-2)18-13-16(23)11-10-15(18)12-19(20(21)22)26-14-27(24,25)17-8-6-5-7-9-17/h5-11,13,19-20,23H,3-4,12,14,22H2,1-2H3/t19-,20+/m1/s1. The molecule has 0 saturated heterocycles. The molecule has 0 unspecified atom stereocenters. The van der Waals surface area contributed by atoms with Gasteiger partial charge in [0.05, 0.1) is 4.90 Å². The maximum atomic E-state index is 12.7. The molecule has 0 saturated carbocycles. The second kappa shape index (κ2) is 7.86. The molecule has 6 heteroatoms. The number of rotatable bonds is 6. The Balaban J connectivity index is 1.88. The minimum atomic E-state index is -3.35. The fourth-order valence-corrected chi connectivity index (χ4v) is 7.52. The normalized spacial score (nSPS) is 21.6. The van der Waals surface area contributed by atoms with Gasteiger partial charge in [-0.25, -0.2) is 8.42 Å². The Bertz CT molecular complexity index is 893. The van der Waals surface area contributed by atoms with Crippen LogP contribution in [0.2, 0.25) is 0 Å². The average molecular weight is 406 g/mol. The first-order valence-corrected chi connectivity index (χ1v) is 12.0. The minimum absolute atomic E-state index is 0.0143. The zero-order chi connectivity index (χ0) is 19.7. The molecule has 2 aromatic rings. The predicted molar refractivity (Wildman–Crippen MR) is 112 cm³/mol. The van der Waals surface area contributed by atoms with E-state index in [1.165, 1.54) is 11.8 Å². The van der Waals surface area contributed by atoms with Gasteiger partial charge in [0.15, 0.2) is 9.84 Å². The van der Waals surface area contributed by atoms with Crippen molar-refractivity contribution in [3.05, 3.63) is 59.7 Å². The summed E-state index contributed by atoms with van der Waals surface area (Å²) < 4.78 is 25.4. The molecule has 1 aliphatic rings. The van der Waals surface area contributed by atoms with Gasteiger partial charge >= 0.3 is 0 Å². The van der Waals surface area contributed by atoms with Crippen LogP contribution in [0.5, 0.6) is 5.75 Å². The van der Waals surface area contributed by atoms with Gasteiger partial charge in [-0.1, -0.05) is 38.1 Å². The summed E-state index contributed by atoms with van der Waals surface area (Å²) in [5.41, 5.74) is 8.74. The van der Waals surface area contributed by atoms with Gasteiger partial charge in [0, 0.05) is 16.7 Å². The van der Waals surface area contributed by atoms with Crippen LogP contribution in [0.4, 0.5) is 0 Å². The molecule has 4 nitrogen and oxygen atoms in total. The molecule has 27 heavy (non-hydrogen) atoms. The van der Waals surface area contributed by atoms with Crippen molar-refractivity contribution in [2.75, 3.05) is 5.08 Å². The molecule has 0 aromatic heterocycles. The van der Waals surface area contributed by atoms with E-state index in [0.29, 0.717) is 11.3 Å². The van der Waals surface area contributed by atoms with Crippen molar-refractivity contribution in [1.82, 2.24) is 0 Å². The molecule has 0 bridgehead atoms. The van der Waals surface area contributed by atoms with Crippen LogP contribution < -0.4 is 5.73 Å². The van der Waals surface area contributed by atoms with Crippen LogP contribution in [0.15, 0.2) is 53.4 Å². The topological polar surface area (TPSA) is 80.4 Å². The lowest BCUT2D eigenvalue weighted by atomic mass is 9.63. The van der Waals surface area contributed by atoms with Gasteiger partial charge in [-0.15, -0.1) is 11.8 Å². The highest BCUT2D eigenvalue weighted by atomic mass is 32.3. The van der Waals surface area contributed by atoms with Crippen molar-refractivity contribution in [3.8, 4) is 5.75 Å². The third-order valence-corrected chi connectivity index (χ3v) is 9.55. The number of nitrogens with two attached hydrogens (primary N) is 1. The van der Waals surface area contributed by atoms with Gasteiger partial charge in [-0.3, -0.25) is 0 Å². The summed E-state index contributed by atoms with van der Waals surface area (Å²) in [6.07, 6.45) is 2.42. The Morgan fingerprint density at radius 3 is 2.44 bits per heavy atom. The fourth-order valence-electron chi connectivity index (χ4n) is 4.22. The van der Waals surface area contributed by atoms with Crippen molar-refractivity contribution in [2.24, 2.45) is 5.73 Å². The predicted octanol–water partition coefficient (Wildman–Crippen LogP) is 3.87. The van der Waals surface area contributed by atoms with E-state index in [1.54, 1.807) is 30.3 Å². The second-order valence-corrected chi connectivity index (χ2v) is 10.8. The highest BCUT2D eigenvalue weighted by Gasteiger charge is 2.45. The highest BCUT2D eigenvalue weighted by Crippen LogP contribution is 2.46. The number of aromatic hydroxyl groups is 1. The van der Waals surface area contributed by atoms with Gasteiger partial charge in [0.2, 0.25) is 0 Å². The van der Waals surface area contributed by atoms with Gasteiger partial charge in [-0.05, 0) is 54.7 Å². The molecule has 3 N–H and O–H groups in total. The molecule has 2 atom stereocenters. The molecule has 146 valence electrons.